The Labute approximate surface area is 257 Å². The van der Waals surface area contributed by atoms with Crippen molar-refractivity contribution in [2.75, 3.05) is 39.1 Å². The highest BCUT2D eigenvalue weighted by molar-refractivity contribution is 5.67. The van der Waals surface area contributed by atoms with Crippen LogP contribution in [0, 0.1) is 11.3 Å². The zero-order valence-corrected chi connectivity index (χ0v) is 25.4. The van der Waals surface area contributed by atoms with Crippen molar-refractivity contribution in [2.45, 2.75) is 87.5 Å². The molecule has 11 nitrogen and oxygen atoms in total. The number of anilines is 1. The largest absolute Gasteiger partial charge is 0.473 e. The maximum Gasteiger partial charge on any atom is 0.221 e. The summed E-state index contributed by atoms with van der Waals surface area (Å²) < 4.78 is 24.7. The first kappa shape index (κ1) is 27.8. The van der Waals surface area contributed by atoms with E-state index in [9.17, 15) is 5.26 Å². The van der Waals surface area contributed by atoms with Crippen LogP contribution in [0.2, 0.25) is 0 Å². The number of likely N-dealkylation sites (tertiary alicyclic amines) is 1. The first-order valence-electron chi connectivity index (χ1n) is 16.0. The van der Waals surface area contributed by atoms with E-state index in [2.05, 4.69) is 41.5 Å². The molecule has 0 bridgehead atoms. The zero-order chi connectivity index (χ0) is 30.1. The van der Waals surface area contributed by atoms with Crippen LogP contribution >= 0.6 is 0 Å². The number of likely N-dealkylation sites (N-methyl/N-ethyl adjacent to an activating group) is 1. The molecule has 3 fully saturated rings. The van der Waals surface area contributed by atoms with Gasteiger partial charge in [0.15, 0.2) is 17.3 Å². The molecule has 3 saturated heterocycles. The van der Waals surface area contributed by atoms with Gasteiger partial charge in [0.25, 0.3) is 0 Å². The highest BCUT2D eigenvalue weighted by Crippen LogP contribution is 2.53. The third kappa shape index (κ3) is 4.22. The molecule has 3 aliphatic heterocycles. The van der Waals surface area contributed by atoms with E-state index in [-0.39, 0.29) is 17.7 Å². The molecule has 0 saturated carbocycles. The second-order valence-electron chi connectivity index (χ2n) is 13.3. The minimum Gasteiger partial charge on any atom is -0.473 e. The van der Waals surface area contributed by atoms with Crippen LogP contribution in [0.5, 0.6) is 11.8 Å². The number of fused-ring (bicyclic) bond motifs is 4. The molecular weight excluding hydrogens is 558 g/mol. The molecule has 44 heavy (non-hydrogen) atoms. The molecule has 0 amide bonds. The van der Waals surface area contributed by atoms with E-state index >= 15 is 0 Å². The van der Waals surface area contributed by atoms with Gasteiger partial charge in [-0.2, -0.15) is 15.2 Å². The van der Waals surface area contributed by atoms with Crippen LogP contribution in [0.4, 0.5) is 5.69 Å². The molecule has 5 aliphatic rings. The highest BCUT2D eigenvalue weighted by Gasteiger charge is 2.54. The van der Waals surface area contributed by atoms with Gasteiger partial charge in [-0.05, 0) is 89.1 Å². The molecule has 5 heterocycles. The number of nitrogens with two attached hydrogens (primary N) is 1. The minimum absolute atomic E-state index is 0.0478. The second kappa shape index (κ2) is 10.4. The van der Waals surface area contributed by atoms with Crippen molar-refractivity contribution in [2.24, 2.45) is 0 Å². The fourth-order valence-corrected chi connectivity index (χ4v) is 8.31. The lowest BCUT2D eigenvalue weighted by atomic mass is 9.61. The van der Waals surface area contributed by atoms with Crippen molar-refractivity contribution in [3.8, 4) is 29.3 Å². The minimum atomic E-state index is -0.448. The number of nitrogens with one attached hydrogen (secondary N) is 1. The van der Waals surface area contributed by atoms with Gasteiger partial charge in [-0.15, -0.1) is 0 Å². The quantitative estimate of drug-likeness (QED) is 0.403. The molecule has 4 atom stereocenters. The summed E-state index contributed by atoms with van der Waals surface area (Å²) in [5.74, 6) is 2.17. The van der Waals surface area contributed by atoms with E-state index in [0.717, 1.165) is 81.3 Å². The standard InChI is InChI=1S/C33H39N7O4/c1-19(24-8-5-13-40(24)2)42-26-14-27(43-25-16-36-33(25)17-41-18-33)38-31(37-26)29-21-7-4-12-32(30(21)44-39-29)11-3-6-20-9-10-23(35)22(15-34)28(20)32/h9-10,14,19,24-25,36H,3-8,11-13,16-18,35H2,1-2H3/t19?,24-,25+,32+/m0/s1. The Morgan fingerprint density at radius 3 is 2.68 bits per heavy atom. The van der Waals surface area contributed by atoms with Gasteiger partial charge in [-0.1, -0.05) is 11.2 Å². The van der Waals surface area contributed by atoms with Crippen LogP contribution in [0.25, 0.3) is 11.5 Å². The molecule has 11 heteroatoms. The van der Waals surface area contributed by atoms with E-state index in [1.54, 1.807) is 6.07 Å². The molecule has 3 N–H and O–H groups in total. The Morgan fingerprint density at radius 1 is 1.16 bits per heavy atom. The van der Waals surface area contributed by atoms with E-state index in [0.29, 0.717) is 53.8 Å². The Morgan fingerprint density at radius 2 is 1.98 bits per heavy atom. The topological polar surface area (TPSA) is 145 Å². The summed E-state index contributed by atoms with van der Waals surface area (Å²) in [6, 6.07) is 8.45. The summed E-state index contributed by atoms with van der Waals surface area (Å²) in [4.78, 5) is 12.1. The average Bonchev–Trinajstić information content (AvgIpc) is 3.62. The van der Waals surface area contributed by atoms with Gasteiger partial charge in [-0.3, -0.25) is 4.90 Å². The van der Waals surface area contributed by atoms with Gasteiger partial charge in [-0.25, -0.2) is 0 Å². The number of aromatic nitrogens is 3. The maximum atomic E-state index is 10.2. The van der Waals surface area contributed by atoms with Gasteiger partial charge < -0.3 is 29.8 Å². The highest BCUT2D eigenvalue weighted by atomic mass is 16.5. The summed E-state index contributed by atoms with van der Waals surface area (Å²) in [6.45, 7) is 5.15. The van der Waals surface area contributed by atoms with Crippen molar-refractivity contribution in [1.29, 1.82) is 5.26 Å². The Hall–Kier alpha value is -3.72. The molecular formula is C33H39N7O4. The number of nitrogen functional groups attached to an aromatic ring is 1. The van der Waals surface area contributed by atoms with Gasteiger partial charge >= 0.3 is 0 Å². The number of ether oxygens (including phenoxy) is 3. The van der Waals surface area contributed by atoms with Crippen LogP contribution in [0.15, 0.2) is 22.7 Å². The van der Waals surface area contributed by atoms with E-state index in [1.807, 2.05) is 6.07 Å². The third-order valence-corrected chi connectivity index (χ3v) is 10.8. The summed E-state index contributed by atoms with van der Waals surface area (Å²) in [7, 11) is 2.15. The van der Waals surface area contributed by atoms with Crippen LogP contribution < -0.4 is 20.5 Å². The Bertz CT molecular complexity index is 1640. The monoisotopic (exact) mass is 597 g/mol. The smallest absolute Gasteiger partial charge is 0.221 e. The Balaban J connectivity index is 1.19. The number of hydrogen-bond acceptors (Lipinski definition) is 11. The van der Waals surface area contributed by atoms with Crippen molar-refractivity contribution >= 4 is 5.69 Å². The van der Waals surface area contributed by atoms with Crippen molar-refractivity contribution in [1.82, 2.24) is 25.3 Å². The molecule has 3 aromatic rings. The maximum absolute atomic E-state index is 10.2. The van der Waals surface area contributed by atoms with E-state index < -0.39 is 5.41 Å². The fourth-order valence-electron chi connectivity index (χ4n) is 8.31. The average molecular weight is 598 g/mol. The molecule has 0 radical (unpaired) electrons. The zero-order valence-electron chi connectivity index (χ0n) is 25.4. The molecule has 2 aliphatic carbocycles. The normalized spacial score (nSPS) is 27.6. The Kier molecular flexibility index (Phi) is 6.59. The van der Waals surface area contributed by atoms with Crippen molar-refractivity contribution in [3.05, 3.63) is 46.2 Å². The molecule has 1 aromatic carbocycles. The van der Waals surface area contributed by atoms with Crippen LogP contribution in [0.3, 0.4) is 0 Å². The SMILES string of the molecule is CC(Oc1cc(O[C@@H]2CNC23COC3)nc(-c2noc3c2CCC[C@@]32CCCc3ccc(N)c(C#N)c32)n1)[C@@H]1CCCN1C. The lowest BCUT2D eigenvalue weighted by Crippen LogP contribution is -2.79. The van der Waals surface area contributed by atoms with Gasteiger partial charge in [0, 0.05) is 23.8 Å². The van der Waals surface area contributed by atoms with Crippen LogP contribution in [0.1, 0.15) is 73.5 Å². The van der Waals surface area contributed by atoms with Crippen LogP contribution in [-0.4, -0.2) is 77.2 Å². The van der Waals surface area contributed by atoms with E-state index in [1.165, 1.54) is 5.56 Å². The number of hydrogen-bond donors (Lipinski definition) is 2. The molecule has 8 rings (SSSR count). The van der Waals surface area contributed by atoms with Crippen molar-refractivity contribution in [3.63, 3.8) is 0 Å². The predicted octanol–water partition coefficient (Wildman–Crippen LogP) is 3.53. The van der Waals surface area contributed by atoms with Gasteiger partial charge in [0.05, 0.1) is 30.3 Å². The lowest BCUT2D eigenvalue weighted by molar-refractivity contribution is -0.165. The molecule has 2 aromatic heterocycles. The van der Waals surface area contributed by atoms with E-state index in [4.69, 9.17) is 34.4 Å². The third-order valence-electron chi connectivity index (χ3n) is 10.8. The summed E-state index contributed by atoms with van der Waals surface area (Å²) >= 11 is 0. The summed E-state index contributed by atoms with van der Waals surface area (Å²) in [6.07, 6.45) is 7.54. The number of nitrogens with zero attached hydrogens (tertiary/aromatic N) is 5. The molecule has 230 valence electrons. The lowest BCUT2D eigenvalue weighted by Gasteiger charge is -2.54. The summed E-state index contributed by atoms with van der Waals surface area (Å²) in [5.41, 5.74) is 10.6. The first-order chi connectivity index (χ1) is 21.4. The van der Waals surface area contributed by atoms with Crippen molar-refractivity contribution < 1.29 is 18.7 Å². The molecule has 2 spiro atoms. The van der Waals surface area contributed by atoms with Crippen LogP contribution in [-0.2, 0) is 23.0 Å². The fraction of sp³-hybridized carbons (Fsp3) is 0.576. The first-order valence-corrected chi connectivity index (χ1v) is 16.0. The molecule has 1 unspecified atom stereocenters. The van der Waals surface area contributed by atoms with Gasteiger partial charge in [0.1, 0.15) is 23.8 Å². The number of benzene rings is 1. The number of nitriles is 1. The number of aryl methyl sites for hydroxylation is 1. The second-order valence-corrected chi connectivity index (χ2v) is 13.3. The predicted molar refractivity (Wildman–Crippen MR) is 161 cm³/mol. The van der Waals surface area contributed by atoms with Gasteiger partial charge in [0.2, 0.25) is 11.8 Å². The number of rotatable bonds is 6. The summed E-state index contributed by atoms with van der Waals surface area (Å²) in [5, 5.41) is 18.3.